The second kappa shape index (κ2) is 15.8. The second-order valence-electron chi connectivity index (χ2n) is 16.2. The van der Waals surface area contributed by atoms with Gasteiger partial charge in [0.2, 0.25) is 11.8 Å². The first kappa shape index (κ1) is 36.7. The van der Waals surface area contributed by atoms with E-state index in [1.54, 1.807) is 0 Å². The molecule has 9 nitrogen and oxygen atoms in total. The summed E-state index contributed by atoms with van der Waals surface area (Å²) in [4.78, 5) is 50.7. The van der Waals surface area contributed by atoms with E-state index >= 15 is 0 Å². The molecule has 3 amide bonds. The number of aliphatic imine (C=N–C) groups is 2. The van der Waals surface area contributed by atoms with E-state index < -0.39 is 12.1 Å². The number of carbonyl (C=O) groups excluding carboxylic acids is 3. The van der Waals surface area contributed by atoms with Crippen molar-refractivity contribution in [2.24, 2.45) is 39.6 Å². The number of alkyl carbamates (subject to hydrolysis) is 1. The summed E-state index contributed by atoms with van der Waals surface area (Å²) in [6.07, 6.45) is 10.1. The molecule has 3 heterocycles. The van der Waals surface area contributed by atoms with Gasteiger partial charge < -0.3 is 20.3 Å². The molecule has 5 aliphatic rings. The van der Waals surface area contributed by atoms with Gasteiger partial charge in [-0.3, -0.25) is 19.6 Å². The Hall–Kier alpha value is -5.31. The van der Waals surface area contributed by atoms with Crippen molar-refractivity contribution in [1.82, 2.24) is 15.5 Å². The molecule has 0 spiro atoms. The minimum absolute atomic E-state index is 0.0124. The third-order valence-electron chi connectivity index (χ3n) is 12.6. The highest BCUT2D eigenvalue weighted by molar-refractivity contribution is 6.04. The Bertz CT molecular complexity index is 2050. The molecule has 284 valence electrons. The summed E-state index contributed by atoms with van der Waals surface area (Å²) in [5.74, 6) is 1.27. The molecule has 3 aromatic carbocycles. The highest BCUT2D eigenvalue weighted by Crippen LogP contribution is 2.54. The molecule has 2 aliphatic carbocycles. The van der Waals surface area contributed by atoms with Crippen LogP contribution >= 0.6 is 0 Å². The topological polar surface area (TPSA) is 112 Å². The molecule has 2 N–H and O–H groups in total. The number of methoxy groups -OCH3 is 1. The zero-order valence-corrected chi connectivity index (χ0v) is 32.0. The summed E-state index contributed by atoms with van der Waals surface area (Å²) in [6, 6.07) is 26.8. The van der Waals surface area contributed by atoms with Crippen molar-refractivity contribution in [3.05, 3.63) is 108 Å². The van der Waals surface area contributed by atoms with Crippen LogP contribution in [0.2, 0.25) is 0 Å². The van der Waals surface area contributed by atoms with Gasteiger partial charge in [-0.1, -0.05) is 92.7 Å². The van der Waals surface area contributed by atoms with Crippen LogP contribution in [-0.4, -0.2) is 60.0 Å². The highest BCUT2D eigenvalue weighted by atomic mass is 16.5. The number of fused-ring (bicyclic) bond motifs is 2. The average molecular weight is 738 g/mol. The summed E-state index contributed by atoms with van der Waals surface area (Å²) in [7, 11) is 1.31. The van der Waals surface area contributed by atoms with Gasteiger partial charge in [0.15, 0.2) is 0 Å². The van der Waals surface area contributed by atoms with Gasteiger partial charge in [-0.2, -0.15) is 0 Å². The Morgan fingerprint density at radius 1 is 0.782 bits per heavy atom. The van der Waals surface area contributed by atoms with Crippen LogP contribution in [0.15, 0.2) is 101 Å². The number of rotatable bonds is 11. The van der Waals surface area contributed by atoms with Gasteiger partial charge in [-0.15, -0.1) is 0 Å². The van der Waals surface area contributed by atoms with Crippen LogP contribution in [0.3, 0.4) is 0 Å². The van der Waals surface area contributed by atoms with E-state index in [2.05, 4.69) is 71.3 Å². The fourth-order valence-electron chi connectivity index (χ4n) is 9.71. The molecule has 2 bridgehead atoms. The largest absolute Gasteiger partial charge is 0.453 e. The third kappa shape index (κ3) is 7.53. The quantitative estimate of drug-likeness (QED) is 0.207. The lowest BCUT2D eigenvalue weighted by molar-refractivity contribution is -0.134. The molecule has 3 aromatic rings. The molecule has 0 radical (unpaired) electrons. The van der Waals surface area contributed by atoms with Crippen molar-refractivity contribution in [2.45, 2.75) is 77.4 Å². The minimum atomic E-state index is -0.644. The molecule has 6 atom stereocenters. The smallest absolute Gasteiger partial charge is 0.407 e. The van der Waals surface area contributed by atoms with Crippen LogP contribution in [-0.2, 0) is 20.9 Å². The number of allylic oxidation sites excluding steroid dienone is 2. The molecule has 1 saturated heterocycles. The van der Waals surface area contributed by atoms with Crippen molar-refractivity contribution in [3.8, 4) is 11.1 Å². The van der Waals surface area contributed by atoms with Crippen LogP contribution < -0.4 is 10.6 Å². The fraction of sp³-hybridized carbons (Fsp3) is 0.413. The van der Waals surface area contributed by atoms with Crippen LogP contribution in [0.4, 0.5) is 4.79 Å². The maximum absolute atomic E-state index is 13.6. The summed E-state index contributed by atoms with van der Waals surface area (Å²) in [6.45, 7) is 5.08. The molecule has 3 fully saturated rings. The molecule has 0 aromatic heterocycles. The highest BCUT2D eigenvalue weighted by Gasteiger charge is 2.52. The number of amides is 3. The zero-order valence-electron chi connectivity index (χ0n) is 32.0. The summed E-state index contributed by atoms with van der Waals surface area (Å²) in [5.41, 5.74) is 10.2. The molecule has 9 heteroatoms. The monoisotopic (exact) mass is 737 g/mol. The van der Waals surface area contributed by atoms with Crippen molar-refractivity contribution in [2.75, 3.05) is 13.7 Å². The molecular formula is C46H51N5O4. The minimum Gasteiger partial charge on any atom is -0.453 e. The molecule has 2 saturated carbocycles. The van der Waals surface area contributed by atoms with Crippen LogP contribution in [0.25, 0.3) is 22.3 Å². The lowest BCUT2D eigenvalue weighted by Gasteiger charge is -2.31. The number of likely N-dealkylation sites (tertiary alicyclic amines) is 1. The normalized spacial score (nSPS) is 24.7. The Balaban J connectivity index is 0.863. The van der Waals surface area contributed by atoms with Crippen LogP contribution in [0.5, 0.6) is 0 Å². The first-order chi connectivity index (χ1) is 26.8. The zero-order chi connectivity index (χ0) is 38.1. The molecule has 55 heavy (non-hydrogen) atoms. The second-order valence-corrected chi connectivity index (χ2v) is 16.2. The number of carbonyl (C=O) groups is 3. The van der Waals surface area contributed by atoms with Gasteiger partial charge in [0, 0.05) is 61.6 Å². The predicted molar refractivity (Wildman–Crippen MR) is 217 cm³/mol. The van der Waals surface area contributed by atoms with Gasteiger partial charge in [-0.25, -0.2) is 4.79 Å². The molecule has 2 unspecified atom stereocenters. The Morgan fingerprint density at radius 3 is 2.02 bits per heavy atom. The molecule has 8 rings (SSSR count). The van der Waals surface area contributed by atoms with Crippen molar-refractivity contribution >= 4 is 40.5 Å². The van der Waals surface area contributed by atoms with Gasteiger partial charge in [0.05, 0.1) is 13.2 Å². The standard InChI is InChI=1S/C46H51N5O4/c1-28(2)43(50-46(54)55-3)45(53)51-21-7-10-40(51)38-23-36(26-47-38)32-15-11-30(12-16-32)31-13-17-33(18-14-31)37-24-39(48-27-37)41-34-19-20-35(22-34)42(41)44(52)49-25-29-8-5-4-6-9-29/h4-6,8-9,11-18,26-28,34-35,40-43H,7,10,19-25H2,1-3H3,(H,49,52)(H,50,54)/t34?,35?,40-,41+,42-,43-/m0/s1. The summed E-state index contributed by atoms with van der Waals surface area (Å²) >= 11 is 0. The van der Waals surface area contributed by atoms with E-state index in [1.807, 2.05) is 49.3 Å². The predicted octanol–water partition coefficient (Wildman–Crippen LogP) is 8.08. The Kier molecular flexibility index (Phi) is 10.5. The number of nitrogens with one attached hydrogen (secondary N) is 2. The number of hydrogen-bond donors (Lipinski definition) is 2. The molecular weight excluding hydrogens is 687 g/mol. The third-order valence-corrected chi connectivity index (χ3v) is 12.6. The van der Waals surface area contributed by atoms with Gasteiger partial charge in [0.25, 0.3) is 0 Å². The van der Waals surface area contributed by atoms with E-state index in [4.69, 9.17) is 14.7 Å². The van der Waals surface area contributed by atoms with E-state index in [1.165, 1.54) is 30.4 Å². The van der Waals surface area contributed by atoms with Crippen LogP contribution in [0.1, 0.15) is 75.5 Å². The Labute approximate surface area is 324 Å². The molecule has 3 aliphatic heterocycles. The van der Waals surface area contributed by atoms with E-state index in [-0.39, 0.29) is 35.6 Å². The van der Waals surface area contributed by atoms with Crippen molar-refractivity contribution < 1.29 is 19.1 Å². The summed E-state index contributed by atoms with van der Waals surface area (Å²) in [5, 5.41) is 5.98. The van der Waals surface area contributed by atoms with E-state index in [9.17, 15) is 14.4 Å². The van der Waals surface area contributed by atoms with E-state index in [0.717, 1.165) is 65.6 Å². The number of nitrogens with zero attached hydrogens (tertiary/aromatic N) is 3. The number of ether oxygens (including phenoxy) is 1. The number of benzene rings is 3. The number of hydrogen-bond acceptors (Lipinski definition) is 6. The average Bonchev–Trinajstić information content (AvgIpc) is 4.07. The van der Waals surface area contributed by atoms with Crippen molar-refractivity contribution in [1.29, 1.82) is 0 Å². The van der Waals surface area contributed by atoms with Gasteiger partial charge >= 0.3 is 6.09 Å². The van der Waals surface area contributed by atoms with Crippen LogP contribution in [0, 0.1) is 29.6 Å². The Morgan fingerprint density at radius 2 is 1.38 bits per heavy atom. The fourth-order valence-corrected chi connectivity index (χ4v) is 9.71. The first-order valence-electron chi connectivity index (χ1n) is 20.0. The van der Waals surface area contributed by atoms with Crippen molar-refractivity contribution in [3.63, 3.8) is 0 Å². The van der Waals surface area contributed by atoms with E-state index in [0.29, 0.717) is 31.3 Å². The lowest BCUT2D eigenvalue weighted by Crippen LogP contribution is -2.53. The maximum atomic E-state index is 13.6. The first-order valence-corrected chi connectivity index (χ1v) is 20.0. The SMILES string of the molecule is COC(=O)N[C@H](C(=O)N1CCC[C@H]1C1=NC=C(c2ccc(-c3ccc(C4=CN=C([C@H]5C6CCC(C6)[C@@H]5C(=O)NCc5ccccc5)C4)cc3)cc2)C1)C(C)C. The lowest BCUT2D eigenvalue weighted by atomic mass is 9.75. The van der Waals surface area contributed by atoms with Gasteiger partial charge in [-0.05, 0) is 88.8 Å². The van der Waals surface area contributed by atoms with Gasteiger partial charge in [0.1, 0.15) is 6.04 Å². The summed E-state index contributed by atoms with van der Waals surface area (Å²) < 4.78 is 4.78. The maximum Gasteiger partial charge on any atom is 0.407 e.